The van der Waals surface area contributed by atoms with Crippen LogP contribution in [0.2, 0.25) is 18.1 Å². The van der Waals surface area contributed by atoms with E-state index in [0.717, 1.165) is 0 Å². The van der Waals surface area contributed by atoms with Crippen molar-refractivity contribution in [1.29, 1.82) is 0 Å². The number of ether oxygens (including phenoxy) is 1. The van der Waals surface area contributed by atoms with Gasteiger partial charge >= 0.3 is 6.09 Å². The van der Waals surface area contributed by atoms with E-state index in [1.165, 1.54) is 4.90 Å². The Hall–Kier alpha value is -1.92. The van der Waals surface area contributed by atoms with Crippen molar-refractivity contribution in [3.05, 3.63) is 48.0 Å². The van der Waals surface area contributed by atoms with Crippen LogP contribution in [0.15, 0.2) is 42.5 Å². The summed E-state index contributed by atoms with van der Waals surface area (Å²) in [6.45, 7) is 16.7. The first kappa shape index (κ1) is 20.4. The fourth-order valence-corrected chi connectivity index (χ4v) is 3.59. The van der Waals surface area contributed by atoms with Crippen molar-refractivity contribution < 1.29 is 18.8 Å². The Bertz CT molecular complexity index is 694. The molecule has 2 rings (SSSR count). The van der Waals surface area contributed by atoms with E-state index >= 15 is 0 Å². The van der Waals surface area contributed by atoms with Crippen LogP contribution in [0.5, 0.6) is 0 Å². The average molecular weight is 376 g/mol. The van der Waals surface area contributed by atoms with Gasteiger partial charge in [-0.25, -0.2) is 9.69 Å². The van der Waals surface area contributed by atoms with Gasteiger partial charge in [0, 0.05) is 5.56 Å². The first-order valence-electron chi connectivity index (χ1n) is 8.84. The number of nitrogens with zero attached hydrogens (tertiary/aromatic N) is 1. The fraction of sp³-hybridized carbons (Fsp3) is 0.500. The van der Waals surface area contributed by atoms with Gasteiger partial charge in [0.05, 0.1) is 6.61 Å². The Morgan fingerprint density at radius 1 is 1.27 bits per heavy atom. The molecule has 142 valence electrons. The molecule has 6 heteroatoms. The minimum absolute atomic E-state index is 0.0312. The van der Waals surface area contributed by atoms with Crippen molar-refractivity contribution in [1.82, 2.24) is 4.90 Å². The molecule has 0 bridgehead atoms. The molecule has 0 spiro atoms. The van der Waals surface area contributed by atoms with E-state index in [4.69, 9.17) is 9.16 Å². The predicted molar refractivity (Wildman–Crippen MR) is 105 cm³/mol. The van der Waals surface area contributed by atoms with Gasteiger partial charge in [0.2, 0.25) is 0 Å². The summed E-state index contributed by atoms with van der Waals surface area (Å²) in [6.07, 6.45) is -1.20. The summed E-state index contributed by atoms with van der Waals surface area (Å²) >= 11 is 0. The molecule has 0 saturated carbocycles. The molecular formula is C20H29NO4Si. The Kier molecular flexibility index (Phi) is 5.78. The number of amides is 2. The minimum atomic E-state index is -2.04. The van der Waals surface area contributed by atoms with Crippen LogP contribution in [-0.2, 0) is 9.16 Å². The monoisotopic (exact) mass is 375 g/mol. The molecule has 2 atom stereocenters. The van der Waals surface area contributed by atoms with E-state index in [0.29, 0.717) is 11.1 Å². The molecule has 26 heavy (non-hydrogen) atoms. The predicted octanol–water partition coefficient (Wildman–Crippen LogP) is 4.61. The third kappa shape index (κ3) is 4.07. The lowest BCUT2D eigenvalue weighted by molar-refractivity contribution is 0.0732. The molecule has 1 aromatic rings. The lowest BCUT2D eigenvalue weighted by Gasteiger charge is -2.37. The highest BCUT2D eigenvalue weighted by atomic mass is 28.4. The topological polar surface area (TPSA) is 55.8 Å². The molecular weight excluding hydrogens is 346 g/mol. The molecule has 0 aliphatic carbocycles. The maximum absolute atomic E-state index is 12.9. The van der Waals surface area contributed by atoms with Crippen molar-refractivity contribution >= 4 is 20.3 Å². The SMILES string of the molecule is C=C(C)[C@H]1OC(=O)N(C(=O)c2ccccc2)[C@H]1CO[Si](C)(C)C(C)(C)C. The van der Waals surface area contributed by atoms with E-state index in [9.17, 15) is 9.59 Å². The first-order chi connectivity index (χ1) is 12.0. The van der Waals surface area contributed by atoms with Crippen LogP contribution in [-0.4, -0.2) is 44.0 Å². The Morgan fingerprint density at radius 2 is 1.85 bits per heavy atom. The number of imide groups is 1. The Labute approximate surface area is 157 Å². The molecule has 5 nitrogen and oxygen atoms in total. The summed E-state index contributed by atoms with van der Waals surface area (Å²) < 4.78 is 11.7. The van der Waals surface area contributed by atoms with Gasteiger partial charge < -0.3 is 9.16 Å². The van der Waals surface area contributed by atoms with E-state index in [-0.39, 0.29) is 17.6 Å². The summed E-state index contributed by atoms with van der Waals surface area (Å²) in [5.74, 6) is -0.372. The zero-order chi connectivity index (χ0) is 19.7. The van der Waals surface area contributed by atoms with Gasteiger partial charge in [0.1, 0.15) is 12.1 Å². The van der Waals surface area contributed by atoms with Crippen LogP contribution >= 0.6 is 0 Å². The maximum Gasteiger partial charge on any atom is 0.417 e. The lowest BCUT2D eigenvalue weighted by atomic mass is 10.0. The van der Waals surface area contributed by atoms with Crippen molar-refractivity contribution in [3.63, 3.8) is 0 Å². The number of hydrogen-bond donors (Lipinski definition) is 0. The normalized spacial score (nSPS) is 20.8. The number of carbonyl (C=O) groups is 2. The van der Waals surface area contributed by atoms with Crippen LogP contribution in [0.25, 0.3) is 0 Å². The molecule has 0 unspecified atom stereocenters. The smallest absolute Gasteiger partial charge is 0.417 e. The molecule has 0 radical (unpaired) electrons. The van der Waals surface area contributed by atoms with E-state index in [1.807, 2.05) is 6.07 Å². The second-order valence-electron chi connectivity index (χ2n) is 8.33. The van der Waals surface area contributed by atoms with Crippen LogP contribution in [0.1, 0.15) is 38.1 Å². The number of rotatable bonds is 5. The Morgan fingerprint density at radius 3 is 2.35 bits per heavy atom. The summed E-state index contributed by atoms with van der Waals surface area (Å²) in [5, 5.41) is 0.0312. The van der Waals surface area contributed by atoms with E-state index < -0.39 is 26.6 Å². The highest BCUT2D eigenvalue weighted by Crippen LogP contribution is 2.37. The average Bonchev–Trinajstić information content (AvgIpc) is 2.89. The van der Waals surface area contributed by atoms with E-state index in [1.54, 1.807) is 31.2 Å². The van der Waals surface area contributed by atoms with Crippen LogP contribution < -0.4 is 0 Å². The summed E-state index contributed by atoms with van der Waals surface area (Å²) in [7, 11) is -2.04. The highest BCUT2D eigenvalue weighted by Gasteiger charge is 2.47. The van der Waals surface area contributed by atoms with Crippen LogP contribution in [0, 0.1) is 0 Å². The molecule has 1 fully saturated rings. The van der Waals surface area contributed by atoms with Crippen LogP contribution in [0.3, 0.4) is 0 Å². The third-order valence-electron chi connectivity index (χ3n) is 5.25. The fourth-order valence-electron chi connectivity index (χ4n) is 2.57. The summed E-state index contributed by atoms with van der Waals surface area (Å²) in [4.78, 5) is 26.5. The van der Waals surface area contributed by atoms with Crippen molar-refractivity contribution in [3.8, 4) is 0 Å². The molecule has 1 aromatic carbocycles. The largest absolute Gasteiger partial charge is 0.439 e. The molecule has 0 N–H and O–H groups in total. The standard InChI is InChI=1S/C20H29NO4Si/c1-14(2)17-16(13-24-26(6,7)20(3,4)5)21(19(23)25-17)18(22)15-11-9-8-10-12-15/h8-12,16-17H,1,13H2,2-7H3/t16-,17+/m0/s1. The Balaban J connectivity index is 2.29. The summed E-state index contributed by atoms with van der Waals surface area (Å²) in [6, 6.07) is 8.23. The zero-order valence-electron chi connectivity index (χ0n) is 16.5. The number of carbonyl (C=O) groups excluding carboxylic acids is 2. The quantitative estimate of drug-likeness (QED) is 0.557. The molecule has 2 amide bonds. The van der Waals surface area contributed by atoms with Gasteiger partial charge in [-0.1, -0.05) is 45.5 Å². The molecule has 1 aliphatic rings. The number of cyclic esters (lactones) is 1. The second kappa shape index (κ2) is 7.37. The van der Waals surface area contributed by atoms with Gasteiger partial charge in [0.25, 0.3) is 5.91 Å². The maximum atomic E-state index is 12.9. The summed E-state index contributed by atoms with van der Waals surface area (Å²) in [5.41, 5.74) is 1.15. The molecule has 1 aliphatic heterocycles. The lowest BCUT2D eigenvalue weighted by Crippen LogP contribution is -2.49. The van der Waals surface area contributed by atoms with Crippen LogP contribution in [0.4, 0.5) is 4.79 Å². The molecule has 1 heterocycles. The van der Waals surface area contributed by atoms with E-state index in [2.05, 4.69) is 40.4 Å². The van der Waals surface area contributed by atoms with Gasteiger partial charge in [-0.2, -0.15) is 0 Å². The molecule has 1 saturated heterocycles. The minimum Gasteiger partial charge on any atom is -0.439 e. The van der Waals surface area contributed by atoms with Crippen molar-refractivity contribution in [2.45, 2.75) is 58.0 Å². The van der Waals surface area contributed by atoms with Crippen molar-refractivity contribution in [2.75, 3.05) is 6.61 Å². The number of benzene rings is 1. The highest BCUT2D eigenvalue weighted by molar-refractivity contribution is 6.74. The van der Waals surface area contributed by atoms with Gasteiger partial charge in [0.15, 0.2) is 8.32 Å². The van der Waals surface area contributed by atoms with Gasteiger partial charge in [-0.05, 0) is 42.8 Å². The second-order valence-corrected chi connectivity index (χ2v) is 13.1. The number of hydrogen-bond acceptors (Lipinski definition) is 4. The first-order valence-corrected chi connectivity index (χ1v) is 11.7. The molecule has 0 aromatic heterocycles. The zero-order valence-corrected chi connectivity index (χ0v) is 17.5. The third-order valence-corrected chi connectivity index (χ3v) is 9.75. The van der Waals surface area contributed by atoms with Gasteiger partial charge in [-0.3, -0.25) is 4.79 Å². The van der Waals surface area contributed by atoms with Gasteiger partial charge in [-0.15, -0.1) is 0 Å². The van der Waals surface area contributed by atoms with Crippen molar-refractivity contribution in [2.24, 2.45) is 0 Å².